The molecule has 0 spiro atoms. The number of primary amides is 1. The van der Waals surface area contributed by atoms with Gasteiger partial charge in [-0.3, -0.25) is 9.59 Å². The molecule has 2 aliphatic heterocycles. The fourth-order valence-corrected chi connectivity index (χ4v) is 4.04. The van der Waals surface area contributed by atoms with E-state index < -0.39 is 0 Å². The molecule has 0 unspecified atom stereocenters. The lowest BCUT2D eigenvalue weighted by atomic mass is 9.92. The van der Waals surface area contributed by atoms with Crippen LogP contribution in [0.2, 0.25) is 0 Å². The molecule has 136 valence electrons. The lowest BCUT2D eigenvalue weighted by molar-refractivity contribution is -0.123. The standard InChI is InChI=1S/C20H29N3O2/c1-15-3-2-4-18(13-15)20(25)23-11-5-16(6-12-23)14-22-9-7-17(8-10-22)19(21)24/h2-4,13,16-17H,5-12,14H2,1H3,(H2,21,24). The minimum absolute atomic E-state index is 0.0602. The number of likely N-dealkylation sites (tertiary alicyclic amines) is 2. The molecule has 25 heavy (non-hydrogen) atoms. The minimum Gasteiger partial charge on any atom is -0.369 e. The van der Waals surface area contributed by atoms with Gasteiger partial charge < -0.3 is 15.5 Å². The van der Waals surface area contributed by atoms with Crippen molar-refractivity contribution in [3.05, 3.63) is 35.4 Å². The molecule has 0 radical (unpaired) electrons. The van der Waals surface area contributed by atoms with E-state index in [0.29, 0.717) is 5.92 Å². The predicted octanol–water partition coefficient (Wildman–Crippen LogP) is 2.04. The van der Waals surface area contributed by atoms with E-state index >= 15 is 0 Å². The van der Waals surface area contributed by atoms with Gasteiger partial charge in [-0.05, 0) is 63.7 Å². The molecule has 0 aromatic heterocycles. The zero-order chi connectivity index (χ0) is 17.8. The van der Waals surface area contributed by atoms with Crippen LogP contribution in [0.1, 0.15) is 41.6 Å². The van der Waals surface area contributed by atoms with Gasteiger partial charge in [-0.15, -0.1) is 0 Å². The van der Waals surface area contributed by atoms with Crippen molar-refractivity contribution in [2.24, 2.45) is 17.6 Å². The summed E-state index contributed by atoms with van der Waals surface area (Å²) < 4.78 is 0. The van der Waals surface area contributed by atoms with Crippen molar-refractivity contribution in [1.29, 1.82) is 0 Å². The van der Waals surface area contributed by atoms with E-state index in [-0.39, 0.29) is 17.7 Å². The largest absolute Gasteiger partial charge is 0.369 e. The van der Waals surface area contributed by atoms with Crippen molar-refractivity contribution in [3.8, 4) is 0 Å². The first-order valence-electron chi connectivity index (χ1n) is 9.40. The number of carbonyl (C=O) groups excluding carboxylic acids is 2. The Morgan fingerprint density at radius 2 is 1.76 bits per heavy atom. The molecular weight excluding hydrogens is 314 g/mol. The Hall–Kier alpha value is -1.88. The van der Waals surface area contributed by atoms with Crippen molar-refractivity contribution in [3.63, 3.8) is 0 Å². The number of hydrogen-bond donors (Lipinski definition) is 1. The Morgan fingerprint density at radius 1 is 1.08 bits per heavy atom. The van der Waals surface area contributed by atoms with Crippen LogP contribution in [-0.2, 0) is 4.79 Å². The molecule has 0 saturated carbocycles. The first kappa shape index (κ1) is 17.9. The molecule has 0 aliphatic carbocycles. The second-order valence-electron chi connectivity index (χ2n) is 7.58. The lowest BCUT2D eigenvalue weighted by Gasteiger charge is -2.37. The fraction of sp³-hybridized carbons (Fsp3) is 0.600. The van der Waals surface area contributed by atoms with Gasteiger partial charge in [0.15, 0.2) is 0 Å². The van der Waals surface area contributed by atoms with Crippen LogP contribution < -0.4 is 5.73 Å². The van der Waals surface area contributed by atoms with Crippen LogP contribution in [0.25, 0.3) is 0 Å². The van der Waals surface area contributed by atoms with Crippen molar-refractivity contribution < 1.29 is 9.59 Å². The average Bonchev–Trinajstić information content (AvgIpc) is 2.62. The van der Waals surface area contributed by atoms with Gasteiger partial charge >= 0.3 is 0 Å². The molecule has 5 heteroatoms. The molecule has 2 heterocycles. The second kappa shape index (κ2) is 8.00. The molecule has 2 amide bonds. The van der Waals surface area contributed by atoms with Gasteiger partial charge in [-0.2, -0.15) is 0 Å². The highest BCUT2D eigenvalue weighted by molar-refractivity contribution is 5.94. The van der Waals surface area contributed by atoms with Gasteiger partial charge in [-0.1, -0.05) is 17.7 Å². The van der Waals surface area contributed by atoms with E-state index in [2.05, 4.69) is 4.90 Å². The van der Waals surface area contributed by atoms with Crippen molar-refractivity contribution in [2.45, 2.75) is 32.6 Å². The van der Waals surface area contributed by atoms with E-state index in [1.165, 1.54) is 0 Å². The van der Waals surface area contributed by atoms with Crippen LogP contribution in [0, 0.1) is 18.8 Å². The zero-order valence-corrected chi connectivity index (χ0v) is 15.1. The molecule has 2 N–H and O–H groups in total. The summed E-state index contributed by atoms with van der Waals surface area (Å²) in [7, 11) is 0. The maximum absolute atomic E-state index is 12.6. The summed E-state index contributed by atoms with van der Waals surface area (Å²) in [5.74, 6) is 0.712. The van der Waals surface area contributed by atoms with E-state index in [4.69, 9.17) is 5.73 Å². The van der Waals surface area contributed by atoms with E-state index in [0.717, 1.165) is 69.5 Å². The molecule has 3 rings (SSSR count). The SMILES string of the molecule is Cc1cccc(C(=O)N2CCC(CN3CCC(C(N)=O)CC3)CC2)c1. The third kappa shape index (κ3) is 4.60. The second-order valence-corrected chi connectivity index (χ2v) is 7.58. The highest BCUT2D eigenvalue weighted by atomic mass is 16.2. The number of benzene rings is 1. The Bertz CT molecular complexity index is 615. The molecule has 2 fully saturated rings. The average molecular weight is 343 g/mol. The van der Waals surface area contributed by atoms with Crippen LogP contribution in [0.15, 0.2) is 24.3 Å². The molecule has 0 atom stereocenters. The highest BCUT2D eigenvalue weighted by Gasteiger charge is 2.28. The quantitative estimate of drug-likeness (QED) is 0.910. The van der Waals surface area contributed by atoms with Crippen LogP contribution in [0.3, 0.4) is 0 Å². The number of piperidine rings is 2. The van der Waals surface area contributed by atoms with Crippen LogP contribution >= 0.6 is 0 Å². The highest BCUT2D eigenvalue weighted by Crippen LogP contribution is 2.23. The third-order valence-electron chi connectivity index (χ3n) is 5.67. The van der Waals surface area contributed by atoms with Crippen molar-refractivity contribution in [1.82, 2.24) is 9.80 Å². The summed E-state index contributed by atoms with van der Waals surface area (Å²) in [5.41, 5.74) is 7.33. The minimum atomic E-state index is -0.150. The van der Waals surface area contributed by atoms with Gasteiger partial charge in [0.05, 0.1) is 0 Å². The molecule has 2 aliphatic rings. The molecule has 0 bridgehead atoms. The van der Waals surface area contributed by atoms with Crippen LogP contribution in [-0.4, -0.2) is 54.3 Å². The summed E-state index contributed by atoms with van der Waals surface area (Å²) in [6.07, 6.45) is 3.90. The molecule has 2 saturated heterocycles. The molecule has 5 nitrogen and oxygen atoms in total. The van der Waals surface area contributed by atoms with Gasteiger partial charge in [0.2, 0.25) is 5.91 Å². The van der Waals surface area contributed by atoms with E-state index in [9.17, 15) is 9.59 Å². The third-order valence-corrected chi connectivity index (χ3v) is 5.67. The van der Waals surface area contributed by atoms with Gasteiger partial charge in [0, 0.05) is 31.1 Å². The van der Waals surface area contributed by atoms with Gasteiger partial charge in [0.25, 0.3) is 5.91 Å². The summed E-state index contributed by atoms with van der Waals surface area (Å²) in [5, 5.41) is 0. The molecular formula is C20H29N3O2. The summed E-state index contributed by atoms with van der Waals surface area (Å²) in [6.45, 7) is 6.72. The van der Waals surface area contributed by atoms with Crippen LogP contribution in [0.5, 0.6) is 0 Å². The summed E-state index contributed by atoms with van der Waals surface area (Å²) in [4.78, 5) is 28.3. The first-order chi connectivity index (χ1) is 12.0. The number of nitrogens with zero attached hydrogens (tertiary/aromatic N) is 2. The number of rotatable bonds is 4. The Labute approximate surface area is 150 Å². The molecule has 1 aromatic rings. The maximum atomic E-state index is 12.6. The summed E-state index contributed by atoms with van der Waals surface area (Å²) in [6, 6.07) is 7.84. The van der Waals surface area contributed by atoms with Crippen LogP contribution in [0.4, 0.5) is 0 Å². The Kier molecular flexibility index (Phi) is 5.74. The topological polar surface area (TPSA) is 66.6 Å². The number of nitrogens with two attached hydrogens (primary N) is 1. The monoisotopic (exact) mass is 343 g/mol. The molecule has 1 aromatic carbocycles. The zero-order valence-electron chi connectivity index (χ0n) is 15.1. The number of aryl methyl sites for hydroxylation is 1. The normalized spacial score (nSPS) is 20.6. The van der Waals surface area contributed by atoms with E-state index in [1.54, 1.807) is 0 Å². The predicted molar refractivity (Wildman–Crippen MR) is 98.2 cm³/mol. The number of hydrogen-bond acceptors (Lipinski definition) is 3. The van der Waals surface area contributed by atoms with Gasteiger partial charge in [0.1, 0.15) is 0 Å². The Morgan fingerprint density at radius 3 is 2.36 bits per heavy atom. The lowest BCUT2D eigenvalue weighted by Crippen LogP contribution is -2.44. The Balaban J connectivity index is 1.44. The van der Waals surface area contributed by atoms with Crippen molar-refractivity contribution >= 4 is 11.8 Å². The number of carbonyl (C=O) groups is 2. The van der Waals surface area contributed by atoms with Crippen molar-refractivity contribution in [2.75, 3.05) is 32.7 Å². The maximum Gasteiger partial charge on any atom is 0.253 e. The van der Waals surface area contributed by atoms with Gasteiger partial charge in [-0.25, -0.2) is 0 Å². The first-order valence-corrected chi connectivity index (χ1v) is 9.40. The van der Waals surface area contributed by atoms with E-state index in [1.807, 2.05) is 36.1 Å². The smallest absolute Gasteiger partial charge is 0.253 e. The fourth-order valence-electron chi connectivity index (χ4n) is 4.04. The summed E-state index contributed by atoms with van der Waals surface area (Å²) >= 11 is 0. The number of amides is 2.